The second-order valence-electron chi connectivity index (χ2n) is 7.03. The lowest BCUT2D eigenvalue weighted by Crippen LogP contribution is -2.40. The lowest BCUT2D eigenvalue weighted by Gasteiger charge is -2.17. The van der Waals surface area contributed by atoms with Crippen LogP contribution in [0.1, 0.15) is 50.8 Å². The largest absolute Gasteiger partial charge is 0.416 e. The molecule has 2 N–H and O–H groups in total. The molecule has 0 unspecified atom stereocenters. The first kappa shape index (κ1) is 20.7. The molecule has 27 heavy (non-hydrogen) atoms. The van der Waals surface area contributed by atoms with Crippen molar-refractivity contribution in [2.24, 2.45) is 0 Å². The van der Waals surface area contributed by atoms with Gasteiger partial charge in [0.1, 0.15) is 5.54 Å². The maximum atomic E-state index is 12.8. The topological polar surface area (TPSA) is 78.5 Å². The molecule has 1 aliphatic heterocycles. The quantitative estimate of drug-likeness (QED) is 0.739. The van der Waals surface area contributed by atoms with Gasteiger partial charge in [0, 0.05) is 13.0 Å². The Hall–Kier alpha value is -2.58. The van der Waals surface area contributed by atoms with E-state index in [9.17, 15) is 27.6 Å². The third kappa shape index (κ3) is 4.99. The summed E-state index contributed by atoms with van der Waals surface area (Å²) in [6.07, 6.45) is -4.15. The van der Waals surface area contributed by atoms with Gasteiger partial charge in [0.25, 0.3) is 5.91 Å². The Morgan fingerprint density at radius 3 is 2.52 bits per heavy atom. The van der Waals surface area contributed by atoms with Gasteiger partial charge < -0.3 is 10.6 Å². The molecule has 1 aromatic carbocycles. The van der Waals surface area contributed by atoms with Crippen molar-refractivity contribution in [2.75, 3.05) is 6.54 Å². The zero-order valence-corrected chi connectivity index (χ0v) is 15.3. The van der Waals surface area contributed by atoms with E-state index in [1.807, 2.05) is 0 Å². The molecule has 0 aliphatic carbocycles. The summed E-state index contributed by atoms with van der Waals surface area (Å²) in [5.74, 6) is -0.725. The van der Waals surface area contributed by atoms with Gasteiger partial charge in [-0.05, 0) is 44.9 Å². The third-order valence-corrected chi connectivity index (χ3v) is 4.32. The van der Waals surface area contributed by atoms with E-state index in [-0.39, 0.29) is 31.2 Å². The minimum Gasteiger partial charge on any atom is -0.350 e. The highest BCUT2D eigenvalue weighted by Gasteiger charge is 2.43. The van der Waals surface area contributed by atoms with Crippen LogP contribution in [0.5, 0.6) is 0 Å². The highest BCUT2D eigenvalue weighted by Crippen LogP contribution is 2.30. The van der Waals surface area contributed by atoms with Crippen LogP contribution in [0.2, 0.25) is 0 Å². The number of rotatable bonds is 6. The van der Waals surface area contributed by atoms with Crippen molar-refractivity contribution in [1.82, 2.24) is 15.5 Å². The molecule has 0 aromatic heterocycles. The molecule has 0 bridgehead atoms. The fourth-order valence-electron chi connectivity index (χ4n) is 2.80. The maximum absolute atomic E-state index is 12.8. The highest BCUT2D eigenvalue weighted by molar-refractivity contribution is 6.06. The number of halogens is 3. The predicted octanol–water partition coefficient (Wildman–Crippen LogP) is 2.99. The van der Waals surface area contributed by atoms with Gasteiger partial charge in [-0.15, -0.1) is 0 Å². The van der Waals surface area contributed by atoms with Crippen molar-refractivity contribution in [3.8, 4) is 0 Å². The van der Waals surface area contributed by atoms with E-state index in [4.69, 9.17) is 0 Å². The number of benzene rings is 1. The van der Waals surface area contributed by atoms with E-state index in [1.54, 1.807) is 20.8 Å². The molecule has 2 rings (SSSR count). The van der Waals surface area contributed by atoms with Crippen LogP contribution >= 0.6 is 0 Å². The molecule has 0 radical (unpaired) electrons. The highest BCUT2D eigenvalue weighted by atomic mass is 19.4. The van der Waals surface area contributed by atoms with E-state index < -0.39 is 29.4 Å². The molecule has 9 heteroatoms. The molecule has 1 atom stereocenters. The van der Waals surface area contributed by atoms with E-state index in [0.29, 0.717) is 5.56 Å². The molecule has 4 amide bonds. The molecule has 1 fully saturated rings. The first-order chi connectivity index (χ1) is 12.4. The van der Waals surface area contributed by atoms with Crippen LogP contribution in [-0.2, 0) is 15.8 Å². The zero-order valence-electron chi connectivity index (χ0n) is 15.3. The Labute approximate surface area is 155 Å². The number of carbonyl (C=O) groups excluding carboxylic acids is 3. The van der Waals surface area contributed by atoms with E-state index in [1.165, 1.54) is 12.1 Å². The molecular weight excluding hydrogens is 363 g/mol. The van der Waals surface area contributed by atoms with Crippen LogP contribution < -0.4 is 10.6 Å². The Bertz CT molecular complexity index is 747. The van der Waals surface area contributed by atoms with Crippen LogP contribution in [0.25, 0.3) is 0 Å². The van der Waals surface area contributed by atoms with E-state index in [0.717, 1.165) is 17.0 Å². The van der Waals surface area contributed by atoms with Gasteiger partial charge in [-0.1, -0.05) is 12.1 Å². The summed E-state index contributed by atoms with van der Waals surface area (Å²) in [5, 5.41) is 5.18. The lowest BCUT2D eigenvalue weighted by molar-refractivity contribution is -0.137. The minimum atomic E-state index is -4.45. The van der Waals surface area contributed by atoms with Gasteiger partial charge in [-0.2, -0.15) is 13.2 Å². The fraction of sp³-hybridized carbons (Fsp3) is 0.500. The Morgan fingerprint density at radius 1 is 1.30 bits per heavy atom. The summed E-state index contributed by atoms with van der Waals surface area (Å²) in [7, 11) is 0. The number of nitrogens with zero attached hydrogens (tertiary/aromatic N) is 1. The molecule has 1 aliphatic rings. The second-order valence-corrected chi connectivity index (χ2v) is 7.03. The van der Waals surface area contributed by atoms with Crippen LogP contribution in [0.15, 0.2) is 24.3 Å². The van der Waals surface area contributed by atoms with Gasteiger partial charge in [-0.25, -0.2) is 4.79 Å². The summed E-state index contributed by atoms with van der Waals surface area (Å²) in [4.78, 5) is 36.9. The first-order valence-corrected chi connectivity index (χ1v) is 8.52. The first-order valence-electron chi connectivity index (χ1n) is 8.52. The molecule has 6 nitrogen and oxygen atoms in total. The molecule has 148 valence electrons. The van der Waals surface area contributed by atoms with Gasteiger partial charge in [-0.3, -0.25) is 14.5 Å². The Balaban J connectivity index is 1.86. The molecule has 1 aromatic rings. The monoisotopic (exact) mass is 385 g/mol. The Kier molecular flexibility index (Phi) is 5.82. The third-order valence-electron chi connectivity index (χ3n) is 4.32. The SMILES string of the molecule is C[C@H](NC(=O)CCCN1C(=O)NC(C)(C)C1=O)c1cccc(C(F)(F)F)c1. The molecule has 1 heterocycles. The molecule has 1 saturated heterocycles. The summed E-state index contributed by atoms with van der Waals surface area (Å²) in [6.45, 7) is 4.88. The average Bonchev–Trinajstić information content (AvgIpc) is 2.75. The van der Waals surface area contributed by atoms with Crippen LogP contribution in [-0.4, -0.2) is 34.8 Å². The zero-order chi connectivity index (χ0) is 20.4. The number of imide groups is 1. The van der Waals surface area contributed by atoms with Crippen LogP contribution in [0.3, 0.4) is 0 Å². The second kappa shape index (κ2) is 7.58. The standard InChI is InChI=1S/C18H22F3N3O3/c1-11(12-6-4-7-13(10-12)18(19,20)21)22-14(25)8-5-9-24-15(26)17(2,3)23-16(24)27/h4,6-7,10-11H,5,8-9H2,1-3H3,(H,22,25)(H,23,27)/t11-/m0/s1. The Morgan fingerprint density at radius 2 is 1.96 bits per heavy atom. The summed E-state index contributed by atoms with van der Waals surface area (Å²) >= 11 is 0. The van der Waals surface area contributed by atoms with Crippen molar-refractivity contribution in [1.29, 1.82) is 0 Å². The summed E-state index contributed by atoms with van der Waals surface area (Å²) in [6, 6.07) is 3.67. The summed E-state index contributed by atoms with van der Waals surface area (Å²) in [5.41, 5.74) is -1.39. The molecule has 0 saturated carbocycles. The number of amides is 4. The van der Waals surface area contributed by atoms with Crippen molar-refractivity contribution < 1.29 is 27.6 Å². The average molecular weight is 385 g/mol. The van der Waals surface area contributed by atoms with E-state index >= 15 is 0 Å². The predicted molar refractivity (Wildman–Crippen MR) is 91.6 cm³/mol. The number of nitrogens with one attached hydrogen (secondary N) is 2. The number of urea groups is 1. The normalized spacial score (nSPS) is 17.6. The van der Waals surface area contributed by atoms with Gasteiger partial charge >= 0.3 is 12.2 Å². The summed E-state index contributed by atoms with van der Waals surface area (Å²) < 4.78 is 38.3. The number of hydrogen-bond donors (Lipinski definition) is 2. The number of hydrogen-bond acceptors (Lipinski definition) is 3. The van der Waals surface area contributed by atoms with Crippen molar-refractivity contribution >= 4 is 17.8 Å². The number of alkyl halides is 3. The lowest BCUT2D eigenvalue weighted by atomic mass is 10.0. The van der Waals surface area contributed by atoms with E-state index in [2.05, 4.69) is 10.6 Å². The van der Waals surface area contributed by atoms with Crippen molar-refractivity contribution in [3.05, 3.63) is 35.4 Å². The fourth-order valence-corrected chi connectivity index (χ4v) is 2.80. The van der Waals surface area contributed by atoms with Gasteiger partial charge in [0.05, 0.1) is 11.6 Å². The van der Waals surface area contributed by atoms with Crippen molar-refractivity contribution in [3.63, 3.8) is 0 Å². The maximum Gasteiger partial charge on any atom is 0.416 e. The number of carbonyl (C=O) groups is 3. The molecular formula is C18H22F3N3O3. The minimum absolute atomic E-state index is 0.0425. The van der Waals surface area contributed by atoms with Crippen LogP contribution in [0.4, 0.5) is 18.0 Å². The van der Waals surface area contributed by atoms with Crippen LogP contribution in [0, 0.1) is 0 Å². The van der Waals surface area contributed by atoms with Gasteiger partial charge in [0.15, 0.2) is 0 Å². The smallest absolute Gasteiger partial charge is 0.350 e. The van der Waals surface area contributed by atoms with Crippen molar-refractivity contribution in [2.45, 2.75) is 51.4 Å². The van der Waals surface area contributed by atoms with Gasteiger partial charge in [0.2, 0.25) is 5.91 Å². The molecule has 0 spiro atoms.